The van der Waals surface area contributed by atoms with Gasteiger partial charge in [0.25, 0.3) is 5.91 Å². The minimum Gasteiger partial charge on any atom is -0.477 e. The smallest absolute Gasteiger partial charge is 0.345 e. The molecular weight excluding hydrogens is 340 g/mol. The van der Waals surface area contributed by atoms with Crippen LogP contribution >= 0.6 is 11.3 Å². The van der Waals surface area contributed by atoms with Crippen molar-refractivity contribution < 1.29 is 19.4 Å². The molecule has 2 aliphatic heterocycles. The van der Waals surface area contributed by atoms with E-state index >= 15 is 0 Å². The summed E-state index contributed by atoms with van der Waals surface area (Å²) in [5.41, 5.74) is 2.17. The summed E-state index contributed by atoms with van der Waals surface area (Å²) in [4.78, 5) is 30.4. The Hall–Kier alpha value is -2.12. The first kappa shape index (κ1) is 16.4. The van der Waals surface area contributed by atoms with Gasteiger partial charge in [-0.05, 0) is 37.5 Å². The number of amides is 1. The zero-order chi connectivity index (χ0) is 17.6. The number of likely N-dealkylation sites (tertiary alicyclic amines) is 1. The number of aromatic nitrogens is 1. The van der Waals surface area contributed by atoms with Crippen LogP contribution < -0.4 is 0 Å². The minimum atomic E-state index is -0.884. The second-order valence-corrected chi connectivity index (χ2v) is 7.79. The number of hydrogen-bond donors (Lipinski definition) is 2. The van der Waals surface area contributed by atoms with Gasteiger partial charge in [0.15, 0.2) is 0 Å². The third-order valence-electron chi connectivity index (χ3n) is 5.26. The Morgan fingerprint density at radius 2 is 2.12 bits per heavy atom. The van der Waals surface area contributed by atoms with Crippen LogP contribution in [0.3, 0.4) is 0 Å². The van der Waals surface area contributed by atoms with E-state index in [2.05, 4.69) is 4.98 Å². The number of aryl methyl sites for hydroxylation is 1. The van der Waals surface area contributed by atoms with Gasteiger partial charge >= 0.3 is 5.97 Å². The third-order valence-corrected chi connectivity index (χ3v) is 6.44. The summed E-state index contributed by atoms with van der Waals surface area (Å²) in [7, 11) is 0. The van der Waals surface area contributed by atoms with E-state index in [0.717, 1.165) is 22.6 Å². The maximum Gasteiger partial charge on any atom is 0.345 e. The van der Waals surface area contributed by atoms with Gasteiger partial charge in [-0.1, -0.05) is 0 Å². The molecule has 0 aromatic carbocycles. The molecule has 2 N–H and O–H groups in total. The fraction of sp³-hybridized carbons (Fsp3) is 0.444. The van der Waals surface area contributed by atoms with Gasteiger partial charge in [0, 0.05) is 36.3 Å². The van der Waals surface area contributed by atoms with Crippen LogP contribution in [0.5, 0.6) is 0 Å². The molecule has 2 aromatic rings. The lowest BCUT2D eigenvalue weighted by atomic mass is 9.82. The molecule has 25 heavy (non-hydrogen) atoms. The number of nitrogens with one attached hydrogen (secondary N) is 1. The zero-order valence-corrected chi connectivity index (χ0v) is 14.8. The highest BCUT2D eigenvalue weighted by Crippen LogP contribution is 2.44. The van der Waals surface area contributed by atoms with Crippen molar-refractivity contribution in [3.63, 3.8) is 0 Å². The number of thiophene rings is 1. The largest absolute Gasteiger partial charge is 0.477 e. The normalized spacial score (nSPS) is 19.0. The molecule has 2 aliphatic rings. The number of carboxylic acid groups (broad SMARTS) is 1. The number of aromatic carboxylic acids is 1. The van der Waals surface area contributed by atoms with Crippen molar-refractivity contribution in [2.24, 2.45) is 0 Å². The zero-order valence-electron chi connectivity index (χ0n) is 14.0. The number of piperidine rings is 1. The molecule has 0 bridgehead atoms. The first-order valence-corrected chi connectivity index (χ1v) is 9.25. The quantitative estimate of drug-likeness (QED) is 0.863. The van der Waals surface area contributed by atoms with Gasteiger partial charge < -0.3 is 19.7 Å². The molecule has 4 rings (SSSR count). The van der Waals surface area contributed by atoms with Crippen molar-refractivity contribution in [1.29, 1.82) is 0 Å². The first-order valence-electron chi connectivity index (χ1n) is 8.44. The number of hydrogen-bond acceptors (Lipinski definition) is 4. The van der Waals surface area contributed by atoms with Gasteiger partial charge in [0.2, 0.25) is 0 Å². The molecule has 0 saturated carbocycles. The van der Waals surface area contributed by atoms with Gasteiger partial charge in [-0.15, -0.1) is 11.3 Å². The molecule has 7 heteroatoms. The van der Waals surface area contributed by atoms with E-state index in [9.17, 15) is 14.7 Å². The lowest BCUT2D eigenvalue weighted by molar-refractivity contribution is -0.0926. The van der Waals surface area contributed by atoms with Gasteiger partial charge in [0.1, 0.15) is 4.88 Å². The van der Waals surface area contributed by atoms with E-state index in [0.29, 0.717) is 43.0 Å². The molecule has 0 atom stereocenters. The van der Waals surface area contributed by atoms with E-state index in [1.165, 1.54) is 11.3 Å². The summed E-state index contributed by atoms with van der Waals surface area (Å²) < 4.78 is 6.14. The molecule has 0 radical (unpaired) electrons. The summed E-state index contributed by atoms with van der Waals surface area (Å²) in [6.07, 6.45) is 3.94. The monoisotopic (exact) mass is 360 g/mol. The number of aromatic amines is 1. The third kappa shape index (κ3) is 2.67. The molecule has 1 spiro atoms. The summed E-state index contributed by atoms with van der Waals surface area (Å²) >= 11 is 1.35. The van der Waals surface area contributed by atoms with Crippen molar-refractivity contribution in [2.75, 3.05) is 19.7 Å². The Morgan fingerprint density at radius 1 is 1.36 bits per heavy atom. The number of carboxylic acids is 1. The Bertz CT molecular complexity index is 830. The number of nitrogens with zero attached hydrogens (tertiary/aromatic N) is 1. The molecule has 1 fully saturated rings. The maximum absolute atomic E-state index is 12.7. The van der Waals surface area contributed by atoms with Gasteiger partial charge in [0.05, 0.1) is 17.8 Å². The number of carbonyl (C=O) groups excluding carboxylic acids is 1. The van der Waals surface area contributed by atoms with Crippen LogP contribution in [0.15, 0.2) is 18.3 Å². The SMILES string of the molecule is Cc1[nH]ccc1C(=O)N1CCC2(CC1)OCCc1sc(C(=O)O)cc12. The van der Waals surface area contributed by atoms with Crippen molar-refractivity contribution in [1.82, 2.24) is 9.88 Å². The van der Waals surface area contributed by atoms with Crippen LogP contribution in [0.4, 0.5) is 0 Å². The van der Waals surface area contributed by atoms with E-state index in [1.807, 2.05) is 17.9 Å². The second-order valence-electron chi connectivity index (χ2n) is 6.65. The first-order chi connectivity index (χ1) is 12.0. The van der Waals surface area contributed by atoms with Crippen molar-refractivity contribution in [2.45, 2.75) is 31.8 Å². The molecular formula is C18H20N2O4S. The van der Waals surface area contributed by atoms with E-state index in [4.69, 9.17) is 4.74 Å². The summed E-state index contributed by atoms with van der Waals surface area (Å²) in [5.74, 6) is -0.841. The number of carbonyl (C=O) groups is 2. The average Bonchev–Trinajstić information content (AvgIpc) is 3.22. The van der Waals surface area contributed by atoms with Crippen LogP contribution in [0.25, 0.3) is 0 Å². The van der Waals surface area contributed by atoms with Crippen LogP contribution in [0, 0.1) is 6.92 Å². The lowest BCUT2D eigenvalue weighted by Crippen LogP contribution is -2.48. The van der Waals surface area contributed by atoms with Crippen molar-refractivity contribution in [3.05, 3.63) is 44.9 Å². The van der Waals surface area contributed by atoms with Crippen molar-refractivity contribution in [3.8, 4) is 0 Å². The van der Waals surface area contributed by atoms with Crippen LogP contribution in [0.2, 0.25) is 0 Å². The number of H-pyrrole nitrogens is 1. The molecule has 132 valence electrons. The molecule has 1 saturated heterocycles. The van der Waals surface area contributed by atoms with E-state index < -0.39 is 11.6 Å². The minimum absolute atomic E-state index is 0.0428. The maximum atomic E-state index is 12.7. The van der Waals surface area contributed by atoms with Crippen molar-refractivity contribution >= 4 is 23.2 Å². The van der Waals surface area contributed by atoms with Crippen LogP contribution in [-0.2, 0) is 16.8 Å². The Morgan fingerprint density at radius 3 is 2.76 bits per heavy atom. The van der Waals surface area contributed by atoms with E-state index in [1.54, 1.807) is 12.3 Å². The van der Waals surface area contributed by atoms with Crippen LogP contribution in [-0.4, -0.2) is 46.6 Å². The second kappa shape index (κ2) is 6.00. The highest BCUT2D eigenvalue weighted by molar-refractivity contribution is 7.14. The molecule has 4 heterocycles. The molecule has 0 aliphatic carbocycles. The molecule has 6 nitrogen and oxygen atoms in total. The number of fused-ring (bicyclic) bond motifs is 2. The highest BCUT2D eigenvalue weighted by atomic mass is 32.1. The van der Waals surface area contributed by atoms with Gasteiger partial charge in [-0.3, -0.25) is 4.79 Å². The lowest BCUT2D eigenvalue weighted by Gasteiger charge is -2.44. The molecule has 0 unspecified atom stereocenters. The van der Waals surface area contributed by atoms with E-state index in [-0.39, 0.29) is 5.91 Å². The van der Waals surface area contributed by atoms with Crippen LogP contribution in [0.1, 0.15) is 49.0 Å². The molecule has 2 aromatic heterocycles. The predicted octanol–water partition coefficient (Wildman–Crippen LogP) is 2.79. The highest BCUT2D eigenvalue weighted by Gasteiger charge is 2.43. The number of rotatable bonds is 2. The topological polar surface area (TPSA) is 82.6 Å². The summed E-state index contributed by atoms with van der Waals surface area (Å²) in [6.45, 7) is 3.73. The standard InChI is InChI=1S/C18H20N2O4S/c1-11-12(2-6-19-11)16(21)20-7-4-18(5-8-20)13-10-15(17(22)23)25-14(13)3-9-24-18/h2,6,10,19H,3-5,7-9H2,1H3,(H,22,23). The number of ether oxygens (including phenoxy) is 1. The Kier molecular flexibility index (Phi) is 3.92. The van der Waals surface area contributed by atoms with Gasteiger partial charge in [-0.25, -0.2) is 4.79 Å². The average molecular weight is 360 g/mol. The summed E-state index contributed by atoms with van der Waals surface area (Å²) in [6, 6.07) is 3.59. The Balaban J connectivity index is 1.55. The summed E-state index contributed by atoms with van der Waals surface area (Å²) in [5, 5.41) is 9.28. The van der Waals surface area contributed by atoms with Gasteiger partial charge in [-0.2, -0.15) is 0 Å². The molecule has 1 amide bonds. The fourth-order valence-electron chi connectivity index (χ4n) is 3.86. The predicted molar refractivity (Wildman–Crippen MR) is 93.3 cm³/mol. The Labute approximate surface area is 149 Å². The fourth-order valence-corrected chi connectivity index (χ4v) is 4.93.